The number of rotatable bonds is 4. The fourth-order valence-electron chi connectivity index (χ4n) is 3.04. The third-order valence-corrected chi connectivity index (χ3v) is 6.69. The normalized spacial score (nSPS) is 19.2. The molecular weight excluding hydrogens is 470 g/mol. The first-order chi connectivity index (χ1) is 13.5. The average molecular weight is 483 g/mol. The standard InChI is InChI=1S/C19H13Cl3F3NO2S/c20-14-4-13(5-15(21)6-14)18(19(23,24)25)7-12(9-29-18)10-1-2-11(16(22)3-10)8-26-17(27)28/h1-6,9,26H,7-8H2,(H,27,28). The highest BCUT2D eigenvalue weighted by atomic mass is 35.5. The summed E-state index contributed by atoms with van der Waals surface area (Å²) in [6, 6.07) is 8.67. The Balaban J connectivity index is 1.93. The van der Waals surface area contributed by atoms with Crippen LogP contribution in [0.3, 0.4) is 0 Å². The number of alkyl halides is 3. The molecule has 0 spiro atoms. The maximum absolute atomic E-state index is 14.1. The predicted octanol–water partition coefficient (Wildman–Crippen LogP) is 7.35. The summed E-state index contributed by atoms with van der Waals surface area (Å²) in [6.45, 7) is -0.00422. The van der Waals surface area contributed by atoms with Crippen molar-refractivity contribution in [1.29, 1.82) is 0 Å². The van der Waals surface area contributed by atoms with E-state index >= 15 is 0 Å². The first kappa shape index (κ1) is 22.2. The van der Waals surface area contributed by atoms with Crippen LogP contribution in [0.2, 0.25) is 15.1 Å². The lowest BCUT2D eigenvalue weighted by Gasteiger charge is -2.32. The number of carboxylic acid groups (broad SMARTS) is 1. The molecule has 2 aromatic rings. The van der Waals surface area contributed by atoms with E-state index in [2.05, 4.69) is 5.32 Å². The molecule has 2 N–H and O–H groups in total. The molecule has 1 amide bonds. The van der Waals surface area contributed by atoms with Crippen molar-refractivity contribution in [2.24, 2.45) is 0 Å². The van der Waals surface area contributed by atoms with Gasteiger partial charge in [-0.2, -0.15) is 13.2 Å². The third kappa shape index (κ3) is 4.63. The van der Waals surface area contributed by atoms with E-state index in [4.69, 9.17) is 39.9 Å². The minimum Gasteiger partial charge on any atom is -0.465 e. The van der Waals surface area contributed by atoms with E-state index in [-0.39, 0.29) is 33.6 Å². The van der Waals surface area contributed by atoms with Crippen LogP contribution in [-0.2, 0) is 11.3 Å². The molecule has 0 aromatic heterocycles. The van der Waals surface area contributed by atoms with Crippen LogP contribution < -0.4 is 5.32 Å². The summed E-state index contributed by atoms with van der Waals surface area (Å²) in [7, 11) is 0. The maximum Gasteiger partial charge on any atom is 0.407 e. The summed E-state index contributed by atoms with van der Waals surface area (Å²) < 4.78 is 40.2. The van der Waals surface area contributed by atoms with Gasteiger partial charge in [0.05, 0.1) is 0 Å². The molecule has 3 nitrogen and oxygen atoms in total. The Morgan fingerprint density at radius 2 is 1.79 bits per heavy atom. The van der Waals surface area contributed by atoms with Gasteiger partial charge in [-0.05, 0) is 51.9 Å². The molecule has 0 fully saturated rings. The highest BCUT2D eigenvalue weighted by Gasteiger charge is 2.58. The van der Waals surface area contributed by atoms with E-state index in [0.29, 0.717) is 28.5 Å². The number of hydrogen-bond donors (Lipinski definition) is 2. The van der Waals surface area contributed by atoms with Gasteiger partial charge in [0.15, 0.2) is 0 Å². The molecular formula is C19H13Cl3F3NO2S. The monoisotopic (exact) mass is 481 g/mol. The van der Waals surface area contributed by atoms with Gasteiger partial charge < -0.3 is 10.4 Å². The molecule has 1 atom stereocenters. The van der Waals surface area contributed by atoms with Crippen molar-refractivity contribution >= 4 is 58.2 Å². The van der Waals surface area contributed by atoms with Crippen LogP contribution in [0, 0.1) is 0 Å². The van der Waals surface area contributed by atoms with Gasteiger partial charge in [0.1, 0.15) is 4.75 Å². The predicted molar refractivity (Wildman–Crippen MR) is 111 cm³/mol. The van der Waals surface area contributed by atoms with Crippen molar-refractivity contribution in [2.45, 2.75) is 23.9 Å². The lowest BCUT2D eigenvalue weighted by Crippen LogP contribution is -2.37. The van der Waals surface area contributed by atoms with Crippen LogP contribution in [0.4, 0.5) is 18.0 Å². The summed E-state index contributed by atoms with van der Waals surface area (Å²) in [5.74, 6) is 0. The molecule has 3 rings (SSSR count). The first-order valence-electron chi connectivity index (χ1n) is 8.17. The van der Waals surface area contributed by atoms with E-state index in [1.165, 1.54) is 29.7 Å². The van der Waals surface area contributed by atoms with Crippen molar-refractivity contribution in [1.82, 2.24) is 5.32 Å². The van der Waals surface area contributed by atoms with Crippen LogP contribution in [0.15, 0.2) is 41.8 Å². The van der Waals surface area contributed by atoms with Crippen LogP contribution in [0.5, 0.6) is 0 Å². The van der Waals surface area contributed by atoms with Gasteiger partial charge in [-0.1, -0.05) is 46.9 Å². The lowest BCUT2D eigenvalue weighted by molar-refractivity contribution is -0.160. The Hall–Kier alpha value is -1.54. The highest BCUT2D eigenvalue weighted by molar-refractivity contribution is 8.03. The Morgan fingerprint density at radius 3 is 2.34 bits per heavy atom. The molecule has 0 bridgehead atoms. The fraction of sp³-hybridized carbons (Fsp3) is 0.211. The number of thioether (sulfide) groups is 1. The number of carbonyl (C=O) groups is 1. The average Bonchev–Trinajstić information content (AvgIpc) is 3.06. The summed E-state index contributed by atoms with van der Waals surface area (Å²) in [6.07, 6.45) is -6.07. The Labute approximate surface area is 183 Å². The zero-order valence-electron chi connectivity index (χ0n) is 14.5. The summed E-state index contributed by atoms with van der Waals surface area (Å²) in [4.78, 5) is 10.6. The third-order valence-electron chi connectivity index (χ3n) is 4.48. The summed E-state index contributed by atoms with van der Waals surface area (Å²) in [5.41, 5.74) is 1.49. The van der Waals surface area contributed by atoms with Gasteiger partial charge in [0.25, 0.3) is 0 Å². The number of halogens is 6. The zero-order chi connectivity index (χ0) is 21.4. The molecule has 1 heterocycles. The first-order valence-corrected chi connectivity index (χ1v) is 10.2. The molecule has 10 heteroatoms. The fourth-order valence-corrected chi connectivity index (χ4v) is 5.01. The minimum atomic E-state index is -4.56. The number of amides is 1. The van der Waals surface area contributed by atoms with Crippen LogP contribution >= 0.6 is 46.6 Å². The van der Waals surface area contributed by atoms with E-state index in [1.807, 2.05) is 0 Å². The van der Waals surface area contributed by atoms with E-state index < -0.39 is 17.0 Å². The van der Waals surface area contributed by atoms with Crippen LogP contribution in [-0.4, -0.2) is 17.4 Å². The number of benzene rings is 2. The molecule has 154 valence electrons. The van der Waals surface area contributed by atoms with Gasteiger partial charge in [-0.3, -0.25) is 0 Å². The van der Waals surface area contributed by atoms with Gasteiger partial charge in [-0.25, -0.2) is 4.79 Å². The smallest absolute Gasteiger partial charge is 0.407 e. The Morgan fingerprint density at radius 1 is 1.14 bits per heavy atom. The molecule has 1 aliphatic heterocycles. The van der Waals surface area contributed by atoms with Crippen molar-refractivity contribution in [3.8, 4) is 0 Å². The quantitative estimate of drug-likeness (QED) is 0.479. The molecule has 0 saturated carbocycles. The zero-order valence-corrected chi connectivity index (χ0v) is 17.6. The number of hydrogen-bond acceptors (Lipinski definition) is 2. The van der Waals surface area contributed by atoms with E-state index in [0.717, 1.165) is 0 Å². The van der Waals surface area contributed by atoms with Crippen molar-refractivity contribution < 1.29 is 23.1 Å². The second kappa shape index (κ2) is 8.30. The van der Waals surface area contributed by atoms with Gasteiger partial charge in [0, 0.05) is 28.0 Å². The second-order valence-electron chi connectivity index (χ2n) is 6.39. The maximum atomic E-state index is 14.1. The molecule has 1 aliphatic rings. The number of allylic oxidation sites excluding steroid dienone is 1. The lowest BCUT2D eigenvalue weighted by atomic mass is 9.88. The van der Waals surface area contributed by atoms with Crippen LogP contribution in [0.25, 0.3) is 5.57 Å². The van der Waals surface area contributed by atoms with Crippen molar-refractivity contribution in [3.63, 3.8) is 0 Å². The van der Waals surface area contributed by atoms with E-state index in [9.17, 15) is 18.0 Å². The highest BCUT2D eigenvalue weighted by Crippen LogP contribution is 2.60. The van der Waals surface area contributed by atoms with Gasteiger partial charge in [-0.15, -0.1) is 11.8 Å². The molecule has 0 saturated heterocycles. The Kier molecular flexibility index (Phi) is 6.34. The van der Waals surface area contributed by atoms with Crippen molar-refractivity contribution in [3.05, 3.63) is 73.6 Å². The minimum absolute atomic E-state index is 0.00422. The molecule has 29 heavy (non-hydrogen) atoms. The topological polar surface area (TPSA) is 49.3 Å². The summed E-state index contributed by atoms with van der Waals surface area (Å²) in [5, 5.41) is 12.9. The Bertz CT molecular complexity index is 977. The molecule has 1 unspecified atom stereocenters. The SMILES string of the molecule is O=C(O)NCc1ccc(C2=CSC(c3cc(Cl)cc(Cl)c3)(C(F)(F)F)C2)cc1Cl. The molecule has 2 aromatic carbocycles. The number of nitrogens with one attached hydrogen (secondary N) is 1. The van der Waals surface area contributed by atoms with Gasteiger partial charge in [0.2, 0.25) is 0 Å². The second-order valence-corrected chi connectivity index (χ2v) is 8.83. The largest absolute Gasteiger partial charge is 0.465 e. The molecule has 0 aliphatic carbocycles. The summed E-state index contributed by atoms with van der Waals surface area (Å²) >= 11 is 18.7. The van der Waals surface area contributed by atoms with Crippen molar-refractivity contribution in [2.75, 3.05) is 0 Å². The molecule has 0 radical (unpaired) electrons. The van der Waals surface area contributed by atoms with Crippen LogP contribution in [0.1, 0.15) is 23.1 Å². The van der Waals surface area contributed by atoms with E-state index in [1.54, 1.807) is 12.1 Å². The van der Waals surface area contributed by atoms with Gasteiger partial charge >= 0.3 is 12.3 Å².